The van der Waals surface area contributed by atoms with Crippen LogP contribution < -0.4 is 0 Å². The summed E-state index contributed by atoms with van der Waals surface area (Å²) in [6.07, 6.45) is 92.2. The SMILES string of the molecule is CC/C=C\C/C=C\C/C=C\C/C=C\C/C=C\C/C=C\CCC(=O)OC(COC(=O)CCCCCCCC/C=C\C/C=C\C/C=C\C/C=C\CC)COC(=O)CCCCCCCCCCCCCCCCCCCCCCCCC. The first-order valence-corrected chi connectivity index (χ1v) is 33.0. The Morgan fingerprint density at radius 2 is 0.519 bits per heavy atom. The van der Waals surface area contributed by atoms with Crippen molar-refractivity contribution in [1.29, 1.82) is 0 Å². The fourth-order valence-corrected chi connectivity index (χ4v) is 9.11. The molecule has 0 saturated carbocycles. The predicted octanol–water partition coefficient (Wildman–Crippen LogP) is 22.8. The van der Waals surface area contributed by atoms with Gasteiger partial charge in [0, 0.05) is 19.3 Å². The highest BCUT2D eigenvalue weighted by Gasteiger charge is 2.19. The summed E-state index contributed by atoms with van der Waals surface area (Å²) >= 11 is 0. The van der Waals surface area contributed by atoms with Crippen molar-refractivity contribution in [3.63, 3.8) is 0 Å². The van der Waals surface area contributed by atoms with Crippen molar-refractivity contribution in [2.24, 2.45) is 0 Å². The van der Waals surface area contributed by atoms with E-state index in [1.54, 1.807) is 0 Å². The van der Waals surface area contributed by atoms with Crippen molar-refractivity contribution in [2.45, 2.75) is 309 Å². The van der Waals surface area contributed by atoms with Crippen molar-refractivity contribution < 1.29 is 28.6 Å². The van der Waals surface area contributed by atoms with Crippen LogP contribution >= 0.6 is 0 Å². The average molecular weight is 1100 g/mol. The number of hydrogen-bond donors (Lipinski definition) is 0. The highest BCUT2D eigenvalue weighted by Crippen LogP contribution is 2.17. The molecule has 0 bridgehead atoms. The Hall–Kier alpha value is -4.19. The van der Waals surface area contributed by atoms with Crippen LogP contribution in [0.1, 0.15) is 303 Å². The van der Waals surface area contributed by atoms with Crippen LogP contribution in [0.5, 0.6) is 0 Å². The number of allylic oxidation sites excluding steroid dienone is 20. The first-order chi connectivity index (χ1) is 39.0. The van der Waals surface area contributed by atoms with Crippen LogP contribution in [0.2, 0.25) is 0 Å². The first-order valence-electron chi connectivity index (χ1n) is 33.0. The summed E-state index contributed by atoms with van der Waals surface area (Å²) < 4.78 is 16.9. The molecule has 6 nitrogen and oxygen atoms in total. The van der Waals surface area contributed by atoms with Gasteiger partial charge in [-0.1, -0.05) is 309 Å². The molecule has 0 aromatic rings. The Bertz CT molecular complexity index is 1640. The van der Waals surface area contributed by atoms with Crippen LogP contribution in [0.3, 0.4) is 0 Å². The maximum absolute atomic E-state index is 12.9. The Kier molecular flexibility index (Phi) is 62.8. The van der Waals surface area contributed by atoms with Crippen molar-refractivity contribution >= 4 is 17.9 Å². The van der Waals surface area contributed by atoms with Crippen LogP contribution in [0, 0.1) is 0 Å². The molecule has 450 valence electrons. The topological polar surface area (TPSA) is 78.9 Å². The number of rotatable bonds is 59. The van der Waals surface area contributed by atoms with Crippen LogP contribution in [0.15, 0.2) is 122 Å². The van der Waals surface area contributed by atoms with E-state index in [1.165, 1.54) is 141 Å². The number of carbonyl (C=O) groups excluding carboxylic acids is 3. The fraction of sp³-hybridized carbons (Fsp3) is 0.685. The van der Waals surface area contributed by atoms with Gasteiger partial charge in [0.2, 0.25) is 0 Å². The maximum Gasteiger partial charge on any atom is 0.306 e. The van der Waals surface area contributed by atoms with Crippen molar-refractivity contribution in [2.75, 3.05) is 13.2 Å². The van der Waals surface area contributed by atoms with E-state index in [2.05, 4.69) is 136 Å². The minimum Gasteiger partial charge on any atom is -0.462 e. The molecule has 0 fully saturated rings. The van der Waals surface area contributed by atoms with E-state index >= 15 is 0 Å². The lowest BCUT2D eigenvalue weighted by molar-refractivity contribution is -0.166. The van der Waals surface area contributed by atoms with Crippen LogP contribution in [0.25, 0.3) is 0 Å². The minimum absolute atomic E-state index is 0.113. The molecule has 0 aliphatic rings. The fourth-order valence-electron chi connectivity index (χ4n) is 9.11. The molecule has 0 radical (unpaired) electrons. The Morgan fingerprint density at radius 1 is 0.266 bits per heavy atom. The third-order valence-corrected chi connectivity index (χ3v) is 14.0. The molecule has 0 N–H and O–H groups in total. The largest absolute Gasteiger partial charge is 0.462 e. The molecular formula is C73H122O6. The summed E-state index contributed by atoms with van der Waals surface area (Å²) in [7, 11) is 0. The zero-order valence-electron chi connectivity index (χ0n) is 51.6. The van der Waals surface area contributed by atoms with E-state index in [0.717, 1.165) is 116 Å². The summed E-state index contributed by atoms with van der Waals surface area (Å²) in [5, 5.41) is 0. The Balaban J connectivity index is 4.47. The molecule has 0 amide bonds. The Morgan fingerprint density at radius 3 is 0.823 bits per heavy atom. The highest BCUT2D eigenvalue weighted by atomic mass is 16.6. The van der Waals surface area contributed by atoms with Gasteiger partial charge in [-0.2, -0.15) is 0 Å². The van der Waals surface area contributed by atoms with Gasteiger partial charge in [0.1, 0.15) is 13.2 Å². The highest BCUT2D eigenvalue weighted by molar-refractivity contribution is 5.71. The molecule has 1 unspecified atom stereocenters. The quantitative estimate of drug-likeness (QED) is 0.0261. The molecule has 6 heteroatoms. The summed E-state index contributed by atoms with van der Waals surface area (Å²) in [5.41, 5.74) is 0. The van der Waals surface area contributed by atoms with Crippen molar-refractivity contribution in [3.8, 4) is 0 Å². The van der Waals surface area contributed by atoms with E-state index < -0.39 is 12.1 Å². The second-order valence-electron chi connectivity index (χ2n) is 21.6. The molecule has 0 spiro atoms. The van der Waals surface area contributed by atoms with E-state index in [4.69, 9.17) is 14.2 Å². The van der Waals surface area contributed by atoms with Gasteiger partial charge in [0.25, 0.3) is 0 Å². The van der Waals surface area contributed by atoms with Crippen LogP contribution in [-0.4, -0.2) is 37.2 Å². The molecule has 0 heterocycles. The maximum atomic E-state index is 12.9. The van der Waals surface area contributed by atoms with E-state index in [9.17, 15) is 14.4 Å². The molecule has 0 rings (SSSR count). The average Bonchev–Trinajstić information content (AvgIpc) is 3.45. The minimum atomic E-state index is -0.828. The summed E-state index contributed by atoms with van der Waals surface area (Å²) in [6, 6.07) is 0. The summed E-state index contributed by atoms with van der Waals surface area (Å²) in [5.74, 6) is -1.00. The van der Waals surface area contributed by atoms with Gasteiger partial charge in [-0.15, -0.1) is 0 Å². The molecule has 79 heavy (non-hydrogen) atoms. The van der Waals surface area contributed by atoms with Crippen molar-refractivity contribution in [3.05, 3.63) is 122 Å². The lowest BCUT2D eigenvalue weighted by Gasteiger charge is -2.18. The zero-order valence-corrected chi connectivity index (χ0v) is 51.6. The van der Waals surface area contributed by atoms with Gasteiger partial charge >= 0.3 is 17.9 Å². The van der Waals surface area contributed by atoms with Gasteiger partial charge in [0.05, 0.1) is 0 Å². The lowest BCUT2D eigenvalue weighted by Crippen LogP contribution is -2.30. The molecule has 0 aromatic carbocycles. The standard InChI is InChI=1S/C73H122O6/c1-4-7-10-13-16-19-22-25-28-31-34-35-36-37-40-42-45-48-51-54-57-60-63-66-72(75)78-69-70(79-73(76)67-64-61-58-55-52-49-46-43-39-33-30-27-24-21-18-15-12-9-6-3)68-77-71(74)65-62-59-56-53-50-47-44-41-38-32-29-26-23-20-17-14-11-8-5-2/h8-9,11-12,17-18,20-21,26-27,29-30,38-39,41,43,49,52,58,61,70H,4-7,10,13-16,19,22-25,28,31-37,40,42,44-48,50-51,53-57,59-60,62-69H2,1-3H3/b11-8-,12-9-,20-17-,21-18-,29-26-,30-27-,41-38-,43-39-,52-49-,61-58-. The van der Waals surface area contributed by atoms with Gasteiger partial charge in [-0.3, -0.25) is 14.4 Å². The van der Waals surface area contributed by atoms with Gasteiger partial charge < -0.3 is 14.2 Å². The van der Waals surface area contributed by atoms with E-state index in [0.29, 0.717) is 19.3 Å². The van der Waals surface area contributed by atoms with E-state index in [-0.39, 0.29) is 31.6 Å². The number of ether oxygens (including phenoxy) is 3. The van der Waals surface area contributed by atoms with Gasteiger partial charge in [-0.25, -0.2) is 0 Å². The molecule has 0 aliphatic heterocycles. The van der Waals surface area contributed by atoms with Crippen molar-refractivity contribution in [1.82, 2.24) is 0 Å². The number of carbonyl (C=O) groups is 3. The summed E-state index contributed by atoms with van der Waals surface area (Å²) in [4.78, 5) is 38.4. The smallest absolute Gasteiger partial charge is 0.306 e. The first kappa shape index (κ1) is 74.8. The Labute approximate surface area is 488 Å². The molecular weight excluding hydrogens is 973 g/mol. The monoisotopic (exact) mass is 1090 g/mol. The second-order valence-corrected chi connectivity index (χ2v) is 21.6. The number of esters is 3. The van der Waals surface area contributed by atoms with E-state index in [1.807, 2.05) is 6.08 Å². The normalized spacial score (nSPS) is 12.9. The molecule has 1 atom stereocenters. The number of hydrogen-bond acceptors (Lipinski definition) is 6. The van der Waals surface area contributed by atoms with Crippen LogP contribution in [0.4, 0.5) is 0 Å². The lowest BCUT2D eigenvalue weighted by atomic mass is 10.0. The third-order valence-electron chi connectivity index (χ3n) is 14.0. The summed E-state index contributed by atoms with van der Waals surface area (Å²) in [6.45, 7) is 6.37. The molecule has 0 aliphatic carbocycles. The number of unbranched alkanes of at least 4 members (excludes halogenated alkanes) is 28. The predicted molar refractivity (Wildman–Crippen MR) is 343 cm³/mol. The second kappa shape index (κ2) is 66.3. The molecule has 0 saturated heterocycles. The zero-order chi connectivity index (χ0) is 57.1. The van der Waals surface area contributed by atoms with Crippen LogP contribution in [-0.2, 0) is 28.6 Å². The third kappa shape index (κ3) is 64.5. The van der Waals surface area contributed by atoms with Gasteiger partial charge in [-0.05, 0) is 96.3 Å². The molecule has 0 aromatic heterocycles. The van der Waals surface area contributed by atoms with Gasteiger partial charge in [0.15, 0.2) is 6.10 Å².